The molecule has 0 saturated heterocycles. The molecule has 2 heterocycles. The minimum Gasteiger partial charge on any atom is -0.228 e. The van der Waals surface area contributed by atoms with Crippen LogP contribution in [0.1, 0.15) is 0 Å². The third-order valence-electron chi connectivity index (χ3n) is 10.8. The van der Waals surface area contributed by atoms with Crippen molar-refractivity contribution in [2.75, 3.05) is 0 Å². The molecule has 256 valence electrons. The quantitative estimate of drug-likeness (QED) is 0.177. The molecule has 9 aromatic carbocycles. The maximum absolute atomic E-state index is 5.42. The van der Waals surface area contributed by atoms with E-state index in [0.29, 0.717) is 5.82 Å². The molecule has 11 rings (SSSR count). The van der Waals surface area contributed by atoms with Gasteiger partial charge in [0.15, 0.2) is 5.82 Å². The van der Waals surface area contributed by atoms with Crippen molar-refractivity contribution >= 4 is 63.8 Å². The van der Waals surface area contributed by atoms with Crippen LogP contribution in [0.15, 0.2) is 194 Å². The first-order valence-electron chi connectivity index (χ1n) is 18.6. The van der Waals surface area contributed by atoms with E-state index >= 15 is 0 Å². The molecule has 0 aliphatic heterocycles. The van der Waals surface area contributed by atoms with Crippen molar-refractivity contribution in [1.29, 1.82) is 0 Å². The van der Waals surface area contributed by atoms with Gasteiger partial charge in [-0.1, -0.05) is 152 Å². The lowest BCUT2D eigenvalue weighted by molar-refractivity contribution is 1.19. The summed E-state index contributed by atoms with van der Waals surface area (Å²) in [5.41, 5.74) is 9.61. The zero-order valence-corrected chi connectivity index (χ0v) is 30.6. The Morgan fingerprint density at radius 3 is 1.82 bits per heavy atom. The second-order valence-corrected chi connectivity index (χ2v) is 15.2. The molecule has 0 spiro atoms. The van der Waals surface area contributed by atoms with E-state index in [1.807, 2.05) is 11.3 Å². The van der Waals surface area contributed by atoms with E-state index in [9.17, 15) is 0 Å². The Balaban J connectivity index is 1.18. The number of thiophene rings is 1. The average Bonchev–Trinajstić information content (AvgIpc) is 3.66. The molecule has 0 unspecified atom stereocenters. The monoisotopic (exact) mass is 716 g/mol. The highest BCUT2D eigenvalue weighted by Gasteiger charge is 2.19. The molecule has 0 amide bonds. The topological polar surface area (TPSA) is 25.8 Å². The molecule has 0 aliphatic carbocycles. The Bertz CT molecular complexity index is 3270. The highest BCUT2D eigenvalue weighted by Crippen LogP contribution is 2.46. The van der Waals surface area contributed by atoms with Gasteiger partial charge in [-0.2, -0.15) is 0 Å². The van der Waals surface area contributed by atoms with Gasteiger partial charge in [-0.3, -0.25) is 0 Å². The maximum atomic E-state index is 5.42. The van der Waals surface area contributed by atoms with Gasteiger partial charge in [-0.25, -0.2) is 9.97 Å². The Hall–Kier alpha value is -6.94. The van der Waals surface area contributed by atoms with Gasteiger partial charge in [0.2, 0.25) is 0 Å². The number of nitrogens with zero attached hydrogens (tertiary/aromatic N) is 2. The molecule has 55 heavy (non-hydrogen) atoms. The largest absolute Gasteiger partial charge is 0.228 e. The van der Waals surface area contributed by atoms with Crippen LogP contribution in [0.5, 0.6) is 0 Å². The van der Waals surface area contributed by atoms with Crippen LogP contribution in [0, 0.1) is 0 Å². The third kappa shape index (κ3) is 5.48. The lowest BCUT2D eigenvalue weighted by Gasteiger charge is -2.15. The molecule has 0 aliphatic rings. The van der Waals surface area contributed by atoms with Crippen molar-refractivity contribution in [1.82, 2.24) is 9.97 Å². The zero-order valence-electron chi connectivity index (χ0n) is 29.8. The van der Waals surface area contributed by atoms with Crippen molar-refractivity contribution in [2.24, 2.45) is 0 Å². The first-order valence-corrected chi connectivity index (χ1v) is 19.5. The van der Waals surface area contributed by atoms with E-state index in [1.54, 1.807) is 0 Å². The fourth-order valence-corrected chi connectivity index (χ4v) is 9.41. The minimum absolute atomic E-state index is 0.699. The van der Waals surface area contributed by atoms with E-state index in [0.717, 1.165) is 44.6 Å². The van der Waals surface area contributed by atoms with Crippen molar-refractivity contribution in [3.63, 3.8) is 0 Å². The van der Waals surface area contributed by atoms with Gasteiger partial charge in [-0.05, 0) is 97.0 Å². The highest BCUT2D eigenvalue weighted by molar-refractivity contribution is 7.26. The minimum atomic E-state index is 0.699. The standard InChI is InChI=1S/C52H32N2S/c1-2-13-33(14-3-1)36-19-12-20-40(28-36)52-53-47(39-26-25-34-15-4-5-16-35(34)27-39)32-48(54-52)46-31-41(29-37-17-6-8-21-42(37)46)45-30-38-18-7-9-22-43(38)51-50(45)44-23-10-11-24-49(44)55-51/h1-32H. The summed E-state index contributed by atoms with van der Waals surface area (Å²) in [5.74, 6) is 0.699. The summed E-state index contributed by atoms with van der Waals surface area (Å²) in [5, 5.41) is 9.85. The van der Waals surface area contributed by atoms with Crippen LogP contribution < -0.4 is 0 Å². The van der Waals surface area contributed by atoms with Crippen LogP contribution in [-0.2, 0) is 0 Å². The summed E-state index contributed by atoms with van der Waals surface area (Å²) in [6, 6.07) is 69.8. The number of aromatic nitrogens is 2. The van der Waals surface area contributed by atoms with Gasteiger partial charge < -0.3 is 0 Å². The normalized spacial score (nSPS) is 11.6. The average molecular weight is 717 g/mol. The number of rotatable bonds is 5. The smallest absolute Gasteiger partial charge is 0.160 e. The van der Waals surface area contributed by atoms with Crippen molar-refractivity contribution in [3.8, 4) is 56.2 Å². The number of hydrogen-bond acceptors (Lipinski definition) is 3. The molecule has 3 heteroatoms. The number of benzene rings is 9. The fraction of sp³-hybridized carbons (Fsp3) is 0. The third-order valence-corrected chi connectivity index (χ3v) is 12.0. The molecule has 0 fully saturated rings. The molecule has 0 atom stereocenters. The second kappa shape index (κ2) is 12.9. The van der Waals surface area contributed by atoms with Crippen molar-refractivity contribution in [2.45, 2.75) is 0 Å². The summed E-state index contributed by atoms with van der Waals surface area (Å²) >= 11 is 1.88. The number of fused-ring (bicyclic) bond motifs is 7. The lowest BCUT2D eigenvalue weighted by Crippen LogP contribution is -1.97. The molecule has 2 nitrogen and oxygen atoms in total. The van der Waals surface area contributed by atoms with Gasteiger partial charge in [0.05, 0.1) is 11.4 Å². The van der Waals surface area contributed by atoms with Crippen LogP contribution >= 0.6 is 11.3 Å². The van der Waals surface area contributed by atoms with E-state index in [1.165, 1.54) is 58.2 Å². The summed E-state index contributed by atoms with van der Waals surface area (Å²) < 4.78 is 2.62. The summed E-state index contributed by atoms with van der Waals surface area (Å²) in [6.07, 6.45) is 0. The SMILES string of the molecule is c1ccc(-c2cccc(-c3nc(-c4ccc5ccccc5c4)cc(-c4cc(-c5cc6ccccc6c6sc7ccccc7c56)cc5ccccc45)n3)c2)cc1. The van der Waals surface area contributed by atoms with Crippen LogP contribution in [0.25, 0.3) is 109 Å². The van der Waals surface area contributed by atoms with Crippen molar-refractivity contribution < 1.29 is 0 Å². The van der Waals surface area contributed by atoms with Gasteiger partial charge in [-0.15, -0.1) is 11.3 Å². The highest BCUT2D eigenvalue weighted by atomic mass is 32.1. The van der Waals surface area contributed by atoms with Crippen LogP contribution in [-0.4, -0.2) is 9.97 Å². The van der Waals surface area contributed by atoms with Crippen LogP contribution in [0.3, 0.4) is 0 Å². The molecule has 2 aromatic heterocycles. The Morgan fingerprint density at radius 1 is 0.327 bits per heavy atom. The molecule has 0 bridgehead atoms. The molecule has 0 N–H and O–H groups in total. The molecular weight excluding hydrogens is 685 g/mol. The van der Waals surface area contributed by atoms with Crippen LogP contribution in [0.4, 0.5) is 0 Å². The lowest BCUT2D eigenvalue weighted by atomic mass is 9.91. The van der Waals surface area contributed by atoms with Gasteiger partial charge >= 0.3 is 0 Å². The summed E-state index contributed by atoms with van der Waals surface area (Å²) in [6.45, 7) is 0. The number of hydrogen-bond donors (Lipinski definition) is 0. The Labute approximate surface area is 322 Å². The van der Waals surface area contributed by atoms with E-state index in [-0.39, 0.29) is 0 Å². The fourth-order valence-electron chi connectivity index (χ4n) is 8.14. The van der Waals surface area contributed by atoms with Gasteiger partial charge in [0.1, 0.15) is 0 Å². The molecule has 0 saturated carbocycles. The summed E-state index contributed by atoms with van der Waals surface area (Å²) in [7, 11) is 0. The Kier molecular flexibility index (Phi) is 7.39. The predicted molar refractivity (Wildman–Crippen MR) is 235 cm³/mol. The van der Waals surface area contributed by atoms with Crippen LogP contribution in [0.2, 0.25) is 0 Å². The second-order valence-electron chi connectivity index (χ2n) is 14.2. The maximum Gasteiger partial charge on any atom is 0.160 e. The van der Waals surface area contributed by atoms with Gasteiger partial charge in [0, 0.05) is 36.9 Å². The van der Waals surface area contributed by atoms with Crippen molar-refractivity contribution in [3.05, 3.63) is 194 Å². The zero-order chi connectivity index (χ0) is 36.3. The van der Waals surface area contributed by atoms with Gasteiger partial charge in [0.25, 0.3) is 0 Å². The van der Waals surface area contributed by atoms with E-state index in [4.69, 9.17) is 9.97 Å². The Morgan fingerprint density at radius 2 is 0.964 bits per heavy atom. The van der Waals surface area contributed by atoms with E-state index in [2.05, 4.69) is 194 Å². The molecule has 0 radical (unpaired) electrons. The molecular formula is C52H32N2S. The predicted octanol–water partition coefficient (Wildman–Crippen LogP) is 14.6. The first-order chi connectivity index (χ1) is 27.2. The molecule has 11 aromatic rings. The summed E-state index contributed by atoms with van der Waals surface area (Å²) in [4.78, 5) is 10.7. The first kappa shape index (κ1) is 31.6. The van der Waals surface area contributed by atoms with E-state index < -0.39 is 0 Å².